The summed E-state index contributed by atoms with van der Waals surface area (Å²) in [6, 6.07) is 0. The van der Waals surface area contributed by atoms with Crippen LogP contribution in [0.1, 0.15) is 52.4 Å². The Hall–Kier alpha value is -0.410. The Bertz CT molecular complexity index is 315. The Morgan fingerprint density at radius 3 is 2.78 bits per heavy atom. The second kappa shape index (κ2) is 5.30. The number of Topliss-reactive ketones (excluding diaryl/α,β-unsaturated/α-hetero) is 1. The number of carbonyl (C=O) groups excluding carboxylic acids is 1. The minimum absolute atomic E-state index is 0.182. The van der Waals surface area contributed by atoms with Gasteiger partial charge in [-0.1, -0.05) is 13.8 Å². The molecule has 0 N–H and O–H groups in total. The van der Waals surface area contributed by atoms with E-state index in [9.17, 15) is 4.79 Å². The first-order chi connectivity index (χ1) is 8.49. The van der Waals surface area contributed by atoms with Crippen LogP contribution in [-0.2, 0) is 14.3 Å². The first-order valence-electron chi connectivity index (χ1n) is 7.07. The molecule has 0 heterocycles. The molecule has 0 aromatic carbocycles. The monoisotopic (exact) mass is 254 g/mol. The summed E-state index contributed by atoms with van der Waals surface area (Å²) in [6.07, 6.45) is 6.22. The fourth-order valence-corrected chi connectivity index (χ4v) is 3.90. The van der Waals surface area contributed by atoms with E-state index >= 15 is 0 Å². The van der Waals surface area contributed by atoms with E-state index in [0.717, 1.165) is 32.3 Å². The van der Waals surface area contributed by atoms with Gasteiger partial charge in [0.1, 0.15) is 12.6 Å². The highest BCUT2D eigenvalue weighted by Crippen LogP contribution is 2.58. The molecule has 2 aliphatic carbocycles. The molecular formula is C15H26O3. The third-order valence-electron chi connectivity index (χ3n) is 5.40. The Kier molecular flexibility index (Phi) is 4.12. The van der Waals surface area contributed by atoms with E-state index in [-0.39, 0.29) is 5.41 Å². The van der Waals surface area contributed by atoms with Crippen molar-refractivity contribution in [3.8, 4) is 0 Å². The lowest BCUT2D eigenvalue weighted by molar-refractivity contribution is -0.137. The van der Waals surface area contributed by atoms with E-state index < -0.39 is 0 Å². The van der Waals surface area contributed by atoms with Crippen LogP contribution in [0.5, 0.6) is 0 Å². The van der Waals surface area contributed by atoms with Crippen LogP contribution < -0.4 is 0 Å². The summed E-state index contributed by atoms with van der Waals surface area (Å²) < 4.78 is 10.4. The number of carbonyl (C=O) groups is 1. The van der Waals surface area contributed by atoms with Gasteiger partial charge in [0.25, 0.3) is 0 Å². The van der Waals surface area contributed by atoms with Gasteiger partial charge in [0, 0.05) is 20.0 Å². The van der Waals surface area contributed by atoms with Crippen molar-refractivity contribution >= 4 is 5.78 Å². The third kappa shape index (κ3) is 2.62. The van der Waals surface area contributed by atoms with Gasteiger partial charge in [-0.15, -0.1) is 0 Å². The summed E-state index contributed by atoms with van der Waals surface area (Å²) in [5, 5.41) is 0. The normalized spacial score (nSPS) is 40.6. The number of methoxy groups -OCH3 is 1. The van der Waals surface area contributed by atoms with E-state index in [1.165, 1.54) is 12.8 Å². The molecule has 3 atom stereocenters. The van der Waals surface area contributed by atoms with Crippen LogP contribution in [0.2, 0.25) is 0 Å². The lowest BCUT2D eigenvalue weighted by atomic mass is 9.50. The van der Waals surface area contributed by atoms with Crippen molar-refractivity contribution in [1.82, 2.24) is 0 Å². The summed E-state index contributed by atoms with van der Waals surface area (Å²) in [5.74, 6) is 1.04. The topological polar surface area (TPSA) is 35.5 Å². The molecule has 18 heavy (non-hydrogen) atoms. The third-order valence-corrected chi connectivity index (χ3v) is 5.40. The van der Waals surface area contributed by atoms with Crippen LogP contribution >= 0.6 is 0 Å². The van der Waals surface area contributed by atoms with Gasteiger partial charge in [0.15, 0.2) is 0 Å². The van der Waals surface area contributed by atoms with Crippen LogP contribution in [0, 0.1) is 16.7 Å². The Morgan fingerprint density at radius 2 is 2.06 bits per heavy atom. The average molecular weight is 254 g/mol. The molecule has 0 amide bonds. The largest absolute Gasteiger partial charge is 0.359 e. The van der Waals surface area contributed by atoms with Crippen molar-refractivity contribution in [3.63, 3.8) is 0 Å². The van der Waals surface area contributed by atoms with Crippen molar-refractivity contribution in [3.05, 3.63) is 0 Å². The zero-order chi connectivity index (χ0) is 13.2. The van der Waals surface area contributed by atoms with Crippen LogP contribution in [0.4, 0.5) is 0 Å². The lowest BCUT2D eigenvalue weighted by Gasteiger charge is -2.55. The van der Waals surface area contributed by atoms with Gasteiger partial charge in [-0.3, -0.25) is 4.79 Å². The molecule has 2 aliphatic rings. The maximum Gasteiger partial charge on any atom is 0.146 e. The van der Waals surface area contributed by atoms with E-state index in [1.54, 1.807) is 7.11 Å². The summed E-state index contributed by atoms with van der Waals surface area (Å²) in [6.45, 7) is 5.84. The zero-order valence-electron chi connectivity index (χ0n) is 12.0. The summed E-state index contributed by atoms with van der Waals surface area (Å²) in [5.41, 5.74) is 0.542. The summed E-state index contributed by atoms with van der Waals surface area (Å²) >= 11 is 0. The molecule has 0 saturated heterocycles. The van der Waals surface area contributed by atoms with Crippen LogP contribution in [0.15, 0.2) is 0 Å². The molecular weight excluding hydrogens is 228 g/mol. The minimum atomic E-state index is 0.182. The molecule has 2 saturated carbocycles. The number of rotatable bonds is 4. The number of ketones is 1. The number of hydrogen-bond donors (Lipinski definition) is 0. The smallest absolute Gasteiger partial charge is 0.146 e. The van der Waals surface area contributed by atoms with Gasteiger partial charge in [-0.05, 0) is 42.4 Å². The van der Waals surface area contributed by atoms with Crippen LogP contribution in [0.25, 0.3) is 0 Å². The van der Waals surface area contributed by atoms with Gasteiger partial charge in [-0.2, -0.15) is 0 Å². The molecule has 0 aromatic heterocycles. The van der Waals surface area contributed by atoms with Crippen molar-refractivity contribution in [2.24, 2.45) is 16.7 Å². The van der Waals surface area contributed by atoms with Crippen molar-refractivity contribution < 1.29 is 14.3 Å². The minimum Gasteiger partial charge on any atom is -0.359 e. The maximum absolute atomic E-state index is 11.8. The van der Waals surface area contributed by atoms with Gasteiger partial charge in [-0.25, -0.2) is 0 Å². The van der Waals surface area contributed by atoms with Crippen molar-refractivity contribution in [2.45, 2.75) is 52.4 Å². The molecule has 3 nitrogen and oxygen atoms in total. The van der Waals surface area contributed by atoms with E-state index in [1.807, 2.05) is 0 Å². The van der Waals surface area contributed by atoms with Crippen molar-refractivity contribution in [2.75, 3.05) is 20.5 Å². The second-order valence-corrected chi connectivity index (χ2v) is 6.72. The zero-order valence-corrected chi connectivity index (χ0v) is 12.0. The molecule has 0 spiro atoms. The summed E-state index contributed by atoms with van der Waals surface area (Å²) in [7, 11) is 1.65. The van der Waals surface area contributed by atoms with Crippen molar-refractivity contribution in [1.29, 1.82) is 0 Å². The second-order valence-electron chi connectivity index (χ2n) is 6.72. The first kappa shape index (κ1) is 14.0. The molecule has 0 aliphatic heterocycles. The standard InChI is InChI=1S/C15H26O3/c1-14-6-4-12(10-18-11-17-3)8-15(14,2)9-13(16)5-7-14/h12H,4-11H2,1-3H3/t12-,14+,15-/m0/s1. The van der Waals surface area contributed by atoms with E-state index in [0.29, 0.717) is 23.9 Å². The molecule has 0 unspecified atom stereocenters. The molecule has 2 rings (SSSR count). The Labute approximate surface area is 110 Å². The number of fused-ring (bicyclic) bond motifs is 1. The Morgan fingerprint density at radius 1 is 1.28 bits per heavy atom. The summed E-state index contributed by atoms with van der Waals surface area (Å²) in [4.78, 5) is 11.8. The van der Waals surface area contributed by atoms with E-state index in [4.69, 9.17) is 9.47 Å². The number of hydrogen-bond acceptors (Lipinski definition) is 3. The van der Waals surface area contributed by atoms with Gasteiger partial charge < -0.3 is 9.47 Å². The molecule has 2 fully saturated rings. The highest BCUT2D eigenvalue weighted by molar-refractivity contribution is 5.80. The SMILES string of the molecule is COCOC[C@H]1CC[C@]2(C)CCC(=O)C[C@]2(C)C1. The quantitative estimate of drug-likeness (QED) is 0.571. The van der Waals surface area contributed by atoms with Crippen LogP contribution in [0.3, 0.4) is 0 Å². The Balaban J connectivity index is 1.98. The molecule has 0 aromatic rings. The van der Waals surface area contributed by atoms with Crippen LogP contribution in [-0.4, -0.2) is 26.3 Å². The fraction of sp³-hybridized carbons (Fsp3) is 0.933. The molecule has 0 bridgehead atoms. The lowest BCUT2D eigenvalue weighted by Crippen LogP contribution is -2.48. The predicted molar refractivity (Wildman–Crippen MR) is 70.2 cm³/mol. The van der Waals surface area contributed by atoms with Gasteiger partial charge >= 0.3 is 0 Å². The van der Waals surface area contributed by atoms with E-state index in [2.05, 4.69) is 13.8 Å². The highest BCUT2D eigenvalue weighted by Gasteiger charge is 2.51. The molecule has 3 heteroatoms. The fourth-order valence-electron chi connectivity index (χ4n) is 3.90. The molecule has 104 valence electrons. The maximum atomic E-state index is 11.8. The number of ether oxygens (including phenoxy) is 2. The predicted octanol–water partition coefficient (Wildman–Crippen LogP) is 3.17. The highest BCUT2D eigenvalue weighted by atomic mass is 16.7. The average Bonchev–Trinajstić information content (AvgIpc) is 2.31. The van der Waals surface area contributed by atoms with Gasteiger partial charge in [0.05, 0.1) is 6.61 Å². The first-order valence-corrected chi connectivity index (χ1v) is 7.07. The molecule has 0 radical (unpaired) electrons. The van der Waals surface area contributed by atoms with Gasteiger partial charge in [0.2, 0.25) is 0 Å².